The molecule has 5 heteroatoms. The molecule has 1 aliphatic rings. The highest BCUT2D eigenvalue weighted by Gasteiger charge is 2.32. The fourth-order valence-corrected chi connectivity index (χ4v) is 1.64. The van der Waals surface area contributed by atoms with Crippen LogP contribution in [0.1, 0.15) is 34.1 Å². The molecule has 0 aromatic carbocycles. The predicted octanol–water partition coefficient (Wildman–Crippen LogP) is 1.13. The maximum Gasteiger partial charge on any atom is 0.408 e. The Morgan fingerprint density at radius 3 is 2.62 bits per heavy atom. The quantitative estimate of drug-likeness (QED) is 0.770. The number of amides is 2. The Morgan fingerprint density at radius 2 is 2.19 bits per heavy atom. The van der Waals surface area contributed by atoms with Crippen molar-refractivity contribution in [1.29, 1.82) is 0 Å². The summed E-state index contributed by atoms with van der Waals surface area (Å²) in [6.45, 7) is 8.69. The SMILES string of the molecule is CCN1CC[C@H](NC(=O)OC(C)(C)C)C1=O. The molecular weight excluding hydrogens is 208 g/mol. The van der Waals surface area contributed by atoms with Gasteiger partial charge in [0.05, 0.1) is 0 Å². The van der Waals surface area contributed by atoms with Crippen molar-refractivity contribution in [2.24, 2.45) is 0 Å². The molecule has 1 saturated heterocycles. The molecule has 0 saturated carbocycles. The van der Waals surface area contributed by atoms with E-state index in [0.29, 0.717) is 19.5 Å². The largest absolute Gasteiger partial charge is 0.444 e. The van der Waals surface area contributed by atoms with E-state index in [1.165, 1.54) is 0 Å². The maximum absolute atomic E-state index is 11.7. The third-order valence-corrected chi connectivity index (χ3v) is 2.37. The summed E-state index contributed by atoms with van der Waals surface area (Å²) in [4.78, 5) is 24.9. The van der Waals surface area contributed by atoms with Gasteiger partial charge in [-0.2, -0.15) is 0 Å². The van der Waals surface area contributed by atoms with Gasteiger partial charge in [0.1, 0.15) is 11.6 Å². The van der Waals surface area contributed by atoms with Crippen LogP contribution in [0.3, 0.4) is 0 Å². The Balaban J connectivity index is 2.44. The molecule has 0 bridgehead atoms. The zero-order valence-corrected chi connectivity index (χ0v) is 10.4. The molecule has 2 amide bonds. The number of likely N-dealkylation sites (tertiary alicyclic amines) is 1. The summed E-state index contributed by atoms with van der Waals surface area (Å²) in [5.74, 6) is -0.0200. The number of hydrogen-bond donors (Lipinski definition) is 1. The van der Waals surface area contributed by atoms with Crippen molar-refractivity contribution in [2.75, 3.05) is 13.1 Å². The Bertz CT molecular complexity index is 283. The number of rotatable bonds is 2. The highest BCUT2D eigenvalue weighted by Crippen LogP contribution is 2.12. The second kappa shape index (κ2) is 4.72. The number of nitrogens with one attached hydrogen (secondary N) is 1. The van der Waals surface area contributed by atoms with Crippen LogP contribution in [0.15, 0.2) is 0 Å². The lowest BCUT2D eigenvalue weighted by molar-refractivity contribution is -0.129. The Hall–Kier alpha value is -1.26. The Labute approximate surface area is 96.1 Å². The van der Waals surface area contributed by atoms with Gasteiger partial charge < -0.3 is 15.0 Å². The number of carbonyl (C=O) groups is 2. The third kappa shape index (κ3) is 3.40. The first kappa shape index (κ1) is 12.8. The van der Waals surface area contributed by atoms with E-state index in [9.17, 15) is 9.59 Å². The van der Waals surface area contributed by atoms with E-state index in [1.807, 2.05) is 6.92 Å². The van der Waals surface area contributed by atoms with Crippen molar-refractivity contribution in [3.63, 3.8) is 0 Å². The van der Waals surface area contributed by atoms with Crippen LogP contribution >= 0.6 is 0 Å². The summed E-state index contributed by atoms with van der Waals surface area (Å²) < 4.78 is 5.10. The number of hydrogen-bond acceptors (Lipinski definition) is 3. The van der Waals surface area contributed by atoms with Gasteiger partial charge in [0.25, 0.3) is 0 Å². The normalized spacial score (nSPS) is 21.1. The zero-order chi connectivity index (χ0) is 12.3. The predicted molar refractivity (Wildman–Crippen MR) is 60.0 cm³/mol. The van der Waals surface area contributed by atoms with Crippen LogP contribution in [-0.4, -0.2) is 41.6 Å². The minimum atomic E-state index is -0.532. The molecule has 5 nitrogen and oxygen atoms in total. The van der Waals surface area contributed by atoms with Gasteiger partial charge in [-0.1, -0.05) is 0 Å². The highest BCUT2D eigenvalue weighted by atomic mass is 16.6. The lowest BCUT2D eigenvalue weighted by atomic mass is 10.2. The summed E-state index contributed by atoms with van der Waals surface area (Å²) >= 11 is 0. The summed E-state index contributed by atoms with van der Waals surface area (Å²) in [7, 11) is 0. The first-order chi connectivity index (χ1) is 7.33. The van der Waals surface area contributed by atoms with Gasteiger partial charge in [0.15, 0.2) is 0 Å². The highest BCUT2D eigenvalue weighted by molar-refractivity contribution is 5.87. The summed E-state index contributed by atoms with van der Waals surface area (Å²) in [5, 5.41) is 2.60. The molecule has 0 unspecified atom stereocenters. The smallest absolute Gasteiger partial charge is 0.408 e. The number of ether oxygens (including phenoxy) is 1. The number of nitrogens with zero attached hydrogens (tertiary/aromatic N) is 1. The molecule has 0 aromatic rings. The molecule has 1 atom stereocenters. The average Bonchev–Trinajstić information content (AvgIpc) is 2.44. The van der Waals surface area contributed by atoms with Crippen LogP contribution in [0.25, 0.3) is 0 Å². The molecule has 0 aliphatic carbocycles. The van der Waals surface area contributed by atoms with Gasteiger partial charge in [-0.3, -0.25) is 4.79 Å². The van der Waals surface area contributed by atoms with Crippen LogP contribution < -0.4 is 5.32 Å². The van der Waals surface area contributed by atoms with Gasteiger partial charge in [0.2, 0.25) is 5.91 Å². The topological polar surface area (TPSA) is 58.6 Å². The monoisotopic (exact) mass is 228 g/mol. The van der Waals surface area contributed by atoms with Crippen molar-refractivity contribution in [3.8, 4) is 0 Å². The summed E-state index contributed by atoms with van der Waals surface area (Å²) in [6.07, 6.45) is 0.134. The zero-order valence-electron chi connectivity index (χ0n) is 10.4. The van der Waals surface area contributed by atoms with Crippen molar-refractivity contribution in [2.45, 2.75) is 45.8 Å². The van der Waals surface area contributed by atoms with Gasteiger partial charge in [-0.05, 0) is 34.1 Å². The van der Waals surface area contributed by atoms with Crippen molar-refractivity contribution >= 4 is 12.0 Å². The number of carbonyl (C=O) groups excluding carboxylic acids is 2. The fourth-order valence-electron chi connectivity index (χ4n) is 1.64. The molecule has 1 N–H and O–H groups in total. The number of likely N-dealkylation sites (N-methyl/N-ethyl adjacent to an activating group) is 1. The minimum Gasteiger partial charge on any atom is -0.444 e. The lowest BCUT2D eigenvalue weighted by Crippen LogP contribution is -2.43. The van der Waals surface area contributed by atoms with Gasteiger partial charge in [0, 0.05) is 13.1 Å². The summed E-state index contributed by atoms with van der Waals surface area (Å²) in [6, 6.07) is -0.421. The molecule has 0 radical (unpaired) electrons. The third-order valence-electron chi connectivity index (χ3n) is 2.37. The molecule has 1 aliphatic heterocycles. The standard InChI is InChI=1S/C11H20N2O3/c1-5-13-7-6-8(9(13)14)12-10(15)16-11(2,3)4/h8H,5-7H2,1-4H3,(H,12,15)/t8-/m0/s1. The summed E-state index contributed by atoms with van der Waals surface area (Å²) in [5.41, 5.74) is -0.532. The molecular formula is C11H20N2O3. The van der Waals surface area contributed by atoms with Crippen molar-refractivity contribution in [3.05, 3.63) is 0 Å². The molecule has 0 aromatic heterocycles. The van der Waals surface area contributed by atoms with Crippen LogP contribution in [0.4, 0.5) is 4.79 Å². The molecule has 0 spiro atoms. The molecule has 1 heterocycles. The second-order valence-corrected chi connectivity index (χ2v) is 4.91. The van der Waals surface area contributed by atoms with Crippen molar-refractivity contribution < 1.29 is 14.3 Å². The second-order valence-electron chi connectivity index (χ2n) is 4.91. The van der Waals surface area contributed by atoms with E-state index >= 15 is 0 Å². The molecule has 1 fully saturated rings. The first-order valence-corrected chi connectivity index (χ1v) is 5.62. The first-order valence-electron chi connectivity index (χ1n) is 5.62. The van der Waals surface area contributed by atoms with Crippen molar-refractivity contribution in [1.82, 2.24) is 10.2 Å². The van der Waals surface area contributed by atoms with E-state index < -0.39 is 17.7 Å². The van der Waals surface area contributed by atoms with Gasteiger partial charge in [-0.15, -0.1) is 0 Å². The van der Waals surface area contributed by atoms with Crippen LogP contribution in [0, 0.1) is 0 Å². The molecule has 16 heavy (non-hydrogen) atoms. The van der Waals surface area contributed by atoms with E-state index in [-0.39, 0.29) is 5.91 Å². The average molecular weight is 228 g/mol. The minimum absolute atomic E-state index is 0.0200. The Morgan fingerprint density at radius 1 is 1.56 bits per heavy atom. The van der Waals surface area contributed by atoms with Crippen LogP contribution in [0.5, 0.6) is 0 Å². The lowest BCUT2D eigenvalue weighted by Gasteiger charge is -2.21. The van der Waals surface area contributed by atoms with Crippen LogP contribution in [0.2, 0.25) is 0 Å². The van der Waals surface area contributed by atoms with E-state index in [4.69, 9.17) is 4.74 Å². The Kier molecular flexibility index (Phi) is 3.78. The van der Waals surface area contributed by atoms with E-state index in [0.717, 1.165) is 0 Å². The van der Waals surface area contributed by atoms with Gasteiger partial charge in [-0.25, -0.2) is 4.79 Å². The van der Waals surface area contributed by atoms with E-state index in [2.05, 4.69) is 5.32 Å². The van der Waals surface area contributed by atoms with Gasteiger partial charge >= 0.3 is 6.09 Å². The maximum atomic E-state index is 11.7. The fraction of sp³-hybridized carbons (Fsp3) is 0.818. The molecule has 1 rings (SSSR count). The van der Waals surface area contributed by atoms with E-state index in [1.54, 1.807) is 25.7 Å². The van der Waals surface area contributed by atoms with Crippen LogP contribution in [-0.2, 0) is 9.53 Å². The molecule has 92 valence electrons. The number of alkyl carbamates (subject to hydrolysis) is 1.